The molecule has 0 amide bonds. The molecule has 1 saturated heterocycles. The summed E-state index contributed by atoms with van der Waals surface area (Å²) >= 11 is 0. The lowest BCUT2D eigenvalue weighted by atomic mass is 10.2. The Morgan fingerprint density at radius 1 is 1.78 bits per heavy atom. The van der Waals surface area contributed by atoms with E-state index in [9.17, 15) is 9.18 Å². The van der Waals surface area contributed by atoms with E-state index in [0.29, 0.717) is 6.42 Å². The van der Waals surface area contributed by atoms with Crippen LogP contribution in [0.2, 0.25) is 0 Å². The molecule has 0 bridgehead atoms. The maximum atomic E-state index is 13.3. The van der Waals surface area contributed by atoms with Gasteiger partial charge < -0.3 is 20.3 Å². The summed E-state index contributed by atoms with van der Waals surface area (Å²) in [5, 5.41) is 8.70. The number of ether oxygens (including phenoxy) is 2. The largest absolute Gasteiger partial charge is 0.381 e. The van der Waals surface area contributed by atoms with Crippen LogP contribution in [0.1, 0.15) is 19.6 Å². The van der Waals surface area contributed by atoms with Gasteiger partial charge in [-0.25, -0.2) is 9.18 Å². The molecule has 18 heavy (non-hydrogen) atoms. The highest BCUT2D eigenvalue weighted by Crippen LogP contribution is 2.29. The standard InChI is InChI=1S/C10H14FN3O4/c1-5-7(17-4-15)2-8(18-5)14-3-6(11)9(12)13-10(14)16/h3,5,7-8,15H,2,4H2,1H3,(H2,12,13,16)/t5-,7+,8-/m1/s1. The molecule has 0 radical (unpaired) electrons. The summed E-state index contributed by atoms with van der Waals surface area (Å²) in [6.07, 6.45) is -0.0513. The van der Waals surface area contributed by atoms with E-state index in [4.69, 9.17) is 20.3 Å². The van der Waals surface area contributed by atoms with Gasteiger partial charge in [0.2, 0.25) is 0 Å². The molecule has 1 aliphatic rings. The summed E-state index contributed by atoms with van der Waals surface area (Å²) < 4.78 is 24.8. The van der Waals surface area contributed by atoms with Crippen LogP contribution in [-0.4, -0.2) is 33.7 Å². The topological polar surface area (TPSA) is 99.6 Å². The first-order valence-electron chi connectivity index (χ1n) is 5.45. The highest BCUT2D eigenvalue weighted by atomic mass is 19.1. The predicted molar refractivity (Wildman–Crippen MR) is 59.0 cm³/mol. The fourth-order valence-electron chi connectivity index (χ4n) is 1.92. The van der Waals surface area contributed by atoms with Gasteiger partial charge in [-0.1, -0.05) is 0 Å². The van der Waals surface area contributed by atoms with E-state index < -0.39 is 30.3 Å². The molecule has 1 fully saturated rings. The summed E-state index contributed by atoms with van der Waals surface area (Å²) in [4.78, 5) is 14.9. The van der Waals surface area contributed by atoms with Crippen molar-refractivity contribution >= 4 is 5.82 Å². The van der Waals surface area contributed by atoms with Crippen molar-refractivity contribution in [3.05, 3.63) is 22.5 Å². The third-order valence-corrected chi connectivity index (χ3v) is 2.86. The minimum Gasteiger partial charge on any atom is -0.381 e. The number of anilines is 1. The van der Waals surface area contributed by atoms with Crippen molar-refractivity contribution < 1.29 is 19.0 Å². The summed E-state index contributed by atoms with van der Waals surface area (Å²) in [6, 6.07) is 0. The van der Waals surface area contributed by atoms with E-state index in [1.807, 2.05) is 0 Å². The van der Waals surface area contributed by atoms with Crippen LogP contribution in [0.5, 0.6) is 0 Å². The normalized spacial score (nSPS) is 27.6. The Morgan fingerprint density at radius 2 is 2.50 bits per heavy atom. The molecule has 2 heterocycles. The zero-order valence-electron chi connectivity index (χ0n) is 9.75. The van der Waals surface area contributed by atoms with Crippen LogP contribution in [0.4, 0.5) is 10.2 Å². The fourth-order valence-corrected chi connectivity index (χ4v) is 1.92. The minimum absolute atomic E-state index is 0.310. The molecule has 1 aliphatic heterocycles. The van der Waals surface area contributed by atoms with Crippen LogP contribution in [0.15, 0.2) is 11.0 Å². The second kappa shape index (κ2) is 5.01. The maximum Gasteiger partial charge on any atom is 0.351 e. The Bertz CT molecular complexity index is 493. The van der Waals surface area contributed by atoms with E-state index in [1.165, 1.54) is 0 Å². The second-order valence-electron chi connectivity index (χ2n) is 4.03. The Balaban J connectivity index is 2.24. The number of nitrogen functional groups attached to an aromatic ring is 1. The third kappa shape index (κ3) is 2.35. The van der Waals surface area contributed by atoms with Crippen LogP contribution >= 0.6 is 0 Å². The lowest BCUT2D eigenvalue weighted by molar-refractivity contribution is -0.0777. The SMILES string of the molecule is C[C@H]1O[C@@H](n2cc(F)c(N)nc2=O)C[C@@H]1OCO. The monoisotopic (exact) mass is 259 g/mol. The van der Waals surface area contributed by atoms with Crippen LogP contribution in [0.25, 0.3) is 0 Å². The Kier molecular flexibility index (Phi) is 3.60. The number of nitrogens with zero attached hydrogens (tertiary/aromatic N) is 2. The number of aliphatic hydroxyl groups excluding tert-OH is 1. The van der Waals surface area contributed by atoms with Gasteiger partial charge in [-0.15, -0.1) is 0 Å². The summed E-state index contributed by atoms with van der Waals surface area (Å²) in [5.41, 5.74) is 4.51. The number of aliphatic hydroxyl groups is 1. The molecule has 3 N–H and O–H groups in total. The number of halogens is 1. The highest BCUT2D eigenvalue weighted by Gasteiger charge is 2.34. The van der Waals surface area contributed by atoms with Crippen molar-refractivity contribution in [1.82, 2.24) is 9.55 Å². The van der Waals surface area contributed by atoms with Crippen molar-refractivity contribution in [2.75, 3.05) is 12.5 Å². The fraction of sp³-hybridized carbons (Fsp3) is 0.600. The summed E-state index contributed by atoms with van der Waals surface area (Å²) in [7, 11) is 0. The van der Waals surface area contributed by atoms with Crippen LogP contribution < -0.4 is 11.4 Å². The molecule has 0 aliphatic carbocycles. The van der Waals surface area contributed by atoms with Gasteiger partial charge >= 0.3 is 5.69 Å². The van der Waals surface area contributed by atoms with Crippen molar-refractivity contribution in [2.24, 2.45) is 0 Å². The molecular formula is C10H14FN3O4. The maximum absolute atomic E-state index is 13.3. The van der Waals surface area contributed by atoms with Crippen molar-refractivity contribution in [2.45, 2.75) is 31.8 Å². The quantitative estimate of drug-likeness (QED) is 0.717. The molecule has 7 nitrogen and oxygen atoms in total. The molecule has 3 atom stereocenters. The van der Waals surface area contributed by atoms with Crippen molar-refractivity contribution in [3.8, 4) is 0 Å². The van der Waals surface area contributed by atoms with Gasteiger partial charge in [0, 0.05) is 6.42 Å². The Hall–Kier alpha value is -1.51. The van der Waals surface area contributed by atoms with Gasteiger partial charge in [-0.3, -0.25) is 4.57 Å². The average Bonchev–Trinajstić information content (AvgIpc) is 2.66. The highest BCUT2D eigenvalue weighted by molar-refractivity contribution is 5.26. The van der Waals surface area contributed by atoms with Gasteiger partial charge in [0.15, 0.2) is 11.6 Å². The lowest BCUT2D eigenvalue weighted by Gasteiger charge is -2.13. The summed E-state index contributed by atoms with van der Waals surface area (Å²) in [6.45, 7) is 1.31. The van der Waals surface area contributed by atoms with Crippen LogP contribution in [0, 0.1) is 5.82 Å². The van der Waals surface area contributed by atoms with Crippen molar-refractivity contribution in [3.63, 3.8) is 0 Å². The third-order valence-electron chi connectivity index (χ3n) is 2.86. The lowest BCUT2D eigenvalue weighted by Crippen LogP contribution is -2.28. The van der Waals surface area contributed by atoms with E-state index in [1.54, 1.807) is 6.92 Å². The molecule has 0 spiro atoms. The number of hydrogen-bond acceptors (Lipinski definition) is 6. The zero-order valence-corrected chi connectivity index (χ0v) is 9.75. The van der Waals surface area contributed by atoms with Gasteiger partial charge in [-0.2, -0.15) is 4.98 Å². The average molecular weight is 259 g/mol. The minimum atomic E-state index is -0.780. The molecular weight excluding hydrogens is 245 g/mol. The Morgan fingerprint density at radius 3 is 3.17 bits per heavy atom. The van der Waals surface area contributed by atoms with Crippen LogP contribution in [0.3, 0.4) is 0 Å². The number of aromatic nitrogens is 2. The molecule has 0 aromatic carbocycles. The van der Waals surface area contributed by atoms with Crippen molar-refractivity contribution in [1.29, 1.82) is 0 Å². The smallest absolute Gasteiger partial charge is 0.351 e. The first kappa shape index (κ1) is 12.9. The van der Waals surface area contributed by atoms with Gasteiger partial charge in [-0.05, 0) is 6.92 Å². The first-order valence-corrected chi connectivity index (χ1v) is 5.45. The Labute approximate surface area is 102 Å². The van der Waals surface area contributed by atoms with Crippen LogP contribution in [-0.2, 0) is 9.47 Å². The van der Waals surface area contributed by atoms with Gasteiger partial charge in [0.05, 0.1) is 18.4 Å². The molecule has 0 unspecified atom stereocenters. The second-order valence-corrected chi connectivity index (χ2v) is 4.03. The molecule has 100 valence electrons. The van der Waals surface area contributed by atoms with E-state index in [2.05, 4.69) is 4.98 Å². The molecule has 2 rings (SSSR count). The molecule has 0 saturated carbocycles. The van der Waals surface area contributed by atoms with E-state index in [0.717, 1.165) is 10.8 Å². The van der Waals surface area contributed by atoms with Gasteiger partial charge in [0.1, 0.15) is 13.0 Å². The zero-order chi connectivity index (χ0) is 13.3. The number of hydrogen-bond donors (Lipinski definition) is 2. The molecule has 1 aromatic heterocycles. The first-order chi connectivity index (χ1) is 8.52. The predicted octanol–water partition coefficient (Wildman–Crippen LogP) is -0.393. The summed E-state index contributed by atoms with van der Waals surface area (Å²) in [5.74, 6) is -1.22. The molecule has 8 heteroatoms. The van der Waals surface area contributed by atoms with E-state index in [-0.39, 0.29) is 12.2 Å². The van der Waals surface area contributed by atoms with E-state index >= 15 is 0 Å². The number of nitrogens with two attached hydrogens (primary N) is 1. The molecule has 1 aromatic rings. The van der Waals surface area contributed by atoms with Gasteiger partial charge in [0.25, 0.3) is 0 Å². The number of rotatable bonds is 3.